The summed E-state index contributed by atoms with van der Waals surface area (Å²) in [4.78, 5) is 55.0. The summed E-state index contributed by atoms with van der Waals surface area (Å²) in [6.07, 6.45) is 0.335. The highest BCUT2D eigenvalue weighted by Gasteiger charge is 2.50. The van der Waals surface area contributed by atoms with E-state index in [9.17, 15) is 19.2 Å². The summed E-state index contributed by atoms with van der Waals surface area (Å²) in [5.74, 6) is -1.54. The minimum Gasteiger partial charge on any atom is -0.378 e. The molecule has 3 amide bonds. The Labute approximate surface area is 253 Å². The van der Waals surface area contributed by atoms with Crippen molar-refractivity contribution < 1.29 is 28.7 Å². The first-order chi connectivity index (χ1) is 20.5. The minimum atomic E-state index is -0.998. The molecule has 2 aliphatic rings. The van der Waals surface area contributed by atoms with Crippen LogP contribution in [0, 0.1) is 0 Å². The first kappa shape index (κ1) is 32.1. The molecule has 11 nitrogen and oxygen atoms in total. The molecule has 0 spiro atoms. The Hall–Kier alpha value is -3.80. The van der Waals surface area contributed by atoms with E-state index in [1.807, 2.05) is 73.6 Å². The summed E-state index contributed by atoms with van der Waals surface area (Å²) in [6.45, 7) is 5.41. The van der Waals surface area contributed by atoms with Gasteiger partial charge in [-0.3, -0.25) is 19.2 Å². The van der Waals surface area contributed by atoms with Crippen LogP contribution in [0.4, 0.5) is 5.69 Å². The van der Waals surface area contributed by atoms with Gasteiger partial charge in [-0.15, -0.1) is 0 Å². The molecule has 0 aromatic heterocycles. The summed E-state index contributed by atoms with van der Waals surface area (Å²) in [7, 11) is 3.87. The van der Waals surface area contributed by atoms with Crippen LogP contribution in [0.15, 0.2) is 54.6 Å². The zero-order valence-corrected chi connectivity index (χ0v) is 25.4. The third-order valence-electron chi connectivity index (χ3n) is 7.73. The van der Waals surface area contributed by atoms with Gasteiger partial charge in [0.1, 0.15) is 17.7 Å². The zero-order valence-electron chi connectivity index (χ0n) is 25.4. The van der Waals surface area contributed by atoms with E-state index in [0.29, 0.717) is 19.8 Å². The van der Waals surface area contributed by atoms with Gasteiger partial charge in [-0.05, 0) is 43.5 Å². The fraction of sp³-hybridized carbons (Fsp3) is 0.500. The lowest BCUT2D eigenvalue weighted by atomic mass is 9.94. The molecule has 2 fully saturated rings. The predicted octanol–water partition coefficient (Wildman–Crippen LogP) is 0.749. The number of benzene rings is 2. The highest BCUT2D eigenvalue weighted by molar-refractivity contribution is 5.98. The summed E-state index contributed by atoms with van der Waals surface area (Å²) >= 11 is 0. The standard InChI is InChI=1S/C32H43N5O6/c1-21(34-28(38)18-25-19-33-14-15-42-25)30(40)36-27(17-23-10-12-24(13-11-23)37(3)4)31(41)35-26(29(39)32(2)20-43-32)16-22-8-6-5-7-9-22/h5-13,21,25-27,33H,14-20H2,1-4H3,(H,34,38)(H,35,41)(H,36,40)/t21-,25?,26-,27-,32+/m0/s1. The van der Waals surface area contributed by atoms with Crippen LogP contribution in [0.5, 0.6) is 0 Å². The van der Waals surface area contributed by atoms with E-state index in [1.165, 1.54) is 0 Å². The molecule has 2 saturated heterocycles. The van der Waals surface area contributed by atoms with E-state index in [1.54, 1.807) is 13.8 Å². The predicted molar refractivity (Wildman–Crippen MR) is 163 cm³/mol. The molecule has 2 aromatic rings. The number of nitrogens with one attached hydrogen (secondary N) is 4. The molecule has 0 aliphatic carbocycles. The second-order valence-corrected chi connectivity index (χ2v) is 11.7. The third kappa shape index (κ3) is 9.34. The number of morpholine rings is 1. The first-order valence-electron chi connectivity index (χ1n) is 14.7. The molecule has 4 N–H and O–H groups in total. The third-order valence-corrected chi connectivity index (χ3v) is 7.73. The number of carbonyl (C=O) groups is 4. The van der Waals surface area contributed by atoms with Crippen molar-refractivity contribution in [1.82, 2.24) is 21.3 Å². The van der Waals surface area contributed by atoms with E-state index in [-0.39, 0.29) is 37.1 Å². The molecular formula is C32H43N5O6. The zero-order chi connectivity index (χ0) is 31.0. The van der Waals surface area contributed by atoms with Crippen molar-refractivity contribution in [2.24, 2.45) is 0 Å². The number of nitrogens with zero attached hydrogens (tertiary/aromatic N) is 1. The van der Waals surface area contributed by atoms with Gasteiger partial charge in [-0.25, -0.2) is 0 Å². The SMILES string of the molecule is C[C@H](NC(=O)CC1CNCCO1)C(=O)N[C@@H](Cc1ccc(N(C)C)cc1)C(=O)N[C@@H](Cc1ccccc1)C(=O)[C@@]1(C)CO1. The van der Waals surface area contributed by atoms with Gasteiger partial charge < -0.3 is 35.6 Å². The van der Waals surface area contributed by atoms with Crippen LogP contribution < -0.4 is 26.2 Å². The molecule has 0 radical (unpaired) electrons. The number of carbonyl (C=O) groups excluding carboxylic acids is 4. The lowest BCUT2D eigenvalue weighted by Gasteiger charge is -2.26. The van der Waals surface area contributed by atoms with Crippen LogP contribution >= 0.6 is 0 Å². The number of epoxide rings is 1. The summed E-state index contributed by atoms with van der Waals surface area (Å²) < 4.78 is 11.0. The van der Waals surface area contributed by atoms with Crippen molar-refractivity contribution in [2.75, 3.05) is 45.3 Å². The first-order valence-corrected chi connectivity index (χ1v) is 14.7. The monoisotopic (exact) mass is 593 g/mol. The van der Waals surface area contributed by atoms with Crippen molar-refractivity contribution in [3.63, 3.8) is 0 Å². The number of anilines is 1. The van der Waals surface area contributed by atoms with Crippen LogP contribution in [-0.4, -0.2) is 93.7 Å². The van der Waals surface area contributed by atoms with E-state index < -0.39 is 35.5 Å². The fourth-order valence-electron chi connectivity index (χ4n) is 4.95. The van der Waals surface area contributed by atoms with Crippen LogP contribution in [-0.2, 0) is 41.5 Å². The number of rotatable bonds is 14. The van der Waals surface area contributed by atoms with Crippen molar-refractivity contribution in [3.05, 3.63) is 65.7 Å². The maximum Gasteiger partial charge on any atom is 0.243 e. The van der Waals surface area contributed by atoms with Crippen LogP contribution in [0.25, 0.3) is 0 Å². The van der Waals surface area contributed by atoms with Crippen molar-refractivity contribution >= 4 is 29.2 Å². The number of amides is 3. The lowest BCUT2D eigenvalue weighted by molar-refractivity contribution is -0.134. The van der Waals surface area contributed by atoms with Gasteiger partial charge >= 0.3 is 0 Å². The average molecular weight is 594 g/mol. The number of hydrogen-bond donors (Lipinski definition) is 4. The highest BCUT2D eigenvalue weighted by atomic mass is 16.6. The Balaban J connectivity index is 1.47. The molecule has 0 bridgehead atoms. The molecule has 1 unspecified atom stereocenters. The Morgan fingerprint density at radius 3 is 2.16 bits per heavy atom. The topological polar surface area (TPSA) is 141 Å². The van der Waals surface area contributed by atoms with Gasteiger partial charge in [0.2, 0.25) is 17.7 Å². The Morgan fingerprint density at radius 2 is 1.56 bits per heavy atom. The summed E-state index contributed by atoms with van der Waals surface area (Å²) in [6, 6.07) is 14.4. The molecule has 2 aliphatic heterocycles. The second kappa shape index (κ2) is 14.6. The number of ether oxygens (including phenoxy) is 2. The molecule has 5 atom stereocenters. The minimum absolute atomic E-state index is 0.122. The van der Waals surface area contributed by atoms with E-state index in [2.05, 4.69) is 21.3 Å². The van der Waals surface area contributed by atoms with Gasteiger partial charge in [-0.2, -0.15) is 0 Å². The van der Waals surface area contributed by atoms with Crippen molar-refractivity contribution in [3.8, 4) is 0 Å². The number of hydrogen-bond acceptors (Lipinski definition) is 8. The molecule has 4 rings (SSSR count). The molecule has 2 aromatic carbocycles. The quantitative estimate of drug-likeness (QED) is 0.235. The molecule has 43 heavy (non-hydrogen) atoms. The average Bonchev–Trinajstić information content (AvgIpc) is 3.75. The summed E-state index contributed by atoms with van der Waals surface area (Å²) in [5.41, 5.74) is 1.77. The maximum absolute atomic E-state index is 13.8. The van der Waals surface area contributed by atoms with Crippen molar-refractivity contribution in [1.29, 1.82) is 0 Å². The largest absolute Gasteiger partial charge is 0.378 e. The van der Waals surface area contributed by atoms with E-state index in [4.69, 9.17) is 9.47 Å². The van der Waals surface area contributed by atoms with Gasteiger partial charge in [0.05, 0.1) is 31.8 Å². The molecule has 2 heterocycles. The Morgan fingerprint density at radius 1 is 0.930 bits per heavy atom. The van der Waals surface area contributed by atoms with Gasteiger partial charge in [-0.1, -0.05) is 42.5 Å². The van der Waals surface area contributed by atoms with Crippen LogP contribution in [0.1, 0.15) is 31.4 Å². The second-order valence-electron chi connectivity index (χ2n) is 11.7. The number of ketones is 1. The normalized spacial score (nSPS) is 21.5. The van der Waals surface area contributed by atoms with E-state index in [0.717, 1.165) is 23.4 Å². The van der Waals surface area contributed by atoms with Crippen LogP contribution in [0.3, 0.4) is 0 Å². The Bertz CT molecular complexity index is 1260. The summed E-state index contributed by atoms with van der Waals surface area (Å²) in [5, 5.41) is 11.6. The van der Waals surface area contributed by atoms with Gasteiger partial charge in [0.25, 0.3) is 0 Å². The van der Waals surface area contributed by atoms with Gasteiger partial charge in [0.15, 0.2) is 5.78 Å². The van der Waals surface area contributed by atoms with Crippen molar-refractivity contribution in [2.45, 2.75) is 62.9 Å². The smallest absolute Gasteiger partial charge is 0.243 e. The molecule has 0 saturated carbocycles. The fourth-order valence-corrected chi connectivity index (χ4v) is 4.95. The molecule has 232 valence electrons. The van der Waals surface area contributed by atoms with Gasteiger partial charge in [0, 0.05) is 39.3 Å². The van der Waals surface area contributed by atoms with Crippen LogP contribution in [0.2, 0.25) is 0 Å². The highest BCUT2D eigenvalue weighted by Crippen LogP contribution is 2.29. The molecular weight excluding hydrogens is 550 g/mol. The Kier molecular flexibility index (Phi) is 10.9. The maximum atomic E-state index is 13.8. The lowest BCUT2D eigenvalue weighted by Crippen LogP contribution is -2.57. The van der Waals surface area contributed by atoms with E-state index >= 15 is 0 Å². The number of Topliss-reactive ketones (excluding diaryl/α,β-unsaturated/α-hetero) is 1. The molecule has 11 heteroatoms.